The van der Waals surface area contributed by atoms with E-state index in [2.05, 4.69) is 5.32 Å². The molecule has 0 aromatic carbocycles. The SMILES string of the molecule is CNC(=O)C(C)N1CC(C(=O)O)CC1=O. The van der Waals surface area contributed by atoms with Crippen LogP contribution in [-0.4, -0.2) is 47.4 Å². The molecule has 0 saturated carbocycles. The Morgan fingerprint density at radius 1 is 1.60 bits per heavy atom. The zero-order valence-electron chi connectivity index (χ0n) is 8.69. The number of carbonyl (C=O) groups is 3. The van der Waals surface area contributed by atoms with Crippen LogP contribution in [0.25, 0.3) is 0 Å². The maximum atomic E-state index is 11.4. The number of aliphatic carboxylic acids is 1. The topological polar surface area (TPSA) is 86.7 Å². The molecule has 15 heavy (non-hydrogen) atoms. The van der Waals surface area contributed by atoms with Gasteiger partial charge in [0.25, 0.3) is 0 Å². The second-order valence-corrected chi connectivity index (χ2v) is 3.58. The van der Waals surface area contributed by atoms with Crippen LogP contribution in [0.15, 0.2) is 0 Å². The van der Waals surface area contributed by atoms with Crippen LogP contribution in [-0.2, 0) is 14.4 Å². The Morgan fingerprint density at radius 2 is 2.20 bits per heavy atom. The van der Waals surface area contributed by atoms with Crippen LogP contribution in [0.3, 0.4) is 0 Å². The highest BCUT2D eigenvalue weighted by atomic mass is 16.4. The molecule has 1 rings (SSSR count). The quantitative estimate of drug-likeness (QED) is 0.634. The van der Waals surface area contributed by atoms with Crippen molar-refractivity contribution >= 4 is 17.8 Å². The fourth-order valence-corrected chi connectivity index (χ4v) is 1.62. The Labute approximate surface area is 87.2 Å². The molecule has 84 valence electrons. The highest BCUT2D eigenvalue weighted by Crippen LogP contribution is 2.20. The van der Waals surface area contributed by atoms with E-state index in [1.165, 1.54) is 11.9 Å². The second-order valence-electron chi connectivity index (χ2n) is 3.58. The predicted octanol–water partition coefficient (Wildman–Crippen LogP) is -0.946. The summed E-state index contributed by atoms with van der Waals surface area (Å²) >= 11 is 0. The first kappa shape index (κ1) is 11.5. The van der Waals surface area contributed by atoms with Crippen LogP contribution in [0.5, 0.6) is 0 Å². The average Bonchev–Trinajstić information content (AvgIpc) is 2.58. The molecular formula is C9H14N2O4. The van der Waals surface area contributed by atoms with Crippen molar-refractivity contribution < 1.29 is 19.5 Å². The van der Waals surface area contributed by atoms with E-state index in [0.717, 1.165) is 0 Å². The third kappa shape index (κ3) is 2.26. The summed E-state index contributed by atoms with van der Waals surface area (Å²) in [6, 6.07) is -0.605. The number of hydrogen-bond donors (Lipinski definition) is 2. The molecule has 1 saturated heterocycles. The van der Waals surface area contributed by atoms with E-state index in [9.17, 15) is 14.4 Å². The van der Waals surface area contributed by atoms with E-state index in [4.69, 9.17) is 5.11 Å². The van der Waals surface area contributed by atoms with Gasteiger partial charge in [0.1, 0.15) is 6.04 Å². The molecule has 0 radical (unpaired) electrons. The van der Waals surface area contributed by atoms with Gasteiger partial charge < -0.3 is 15.3 Å². The molecule has 1 fully saturated rings. The van der Waals surface area contributed by atoms with Crippen LogP contribution in [0.4, 0.5) is 0 Å². The van der Waals surface area contributed by atoms with E-state index in [0.29, 0.717) is 0 Å². The van der Waals surface area contributed by atoms with Crippen molar-refractivity contribution in [3.63, 3.8) is 0 Å². The normalized spacial score (nSPS) is 22.7. The average molecular weight is 214 g/mol. The molecule has 0 aromatic rings. The zero-order chi connectivity index (χ0) is 11.6. The molecule has 0 aliphatic carbocycles. The number of carboxylic acids is 1. The number of nitrogens with one attached hydrogen (secondary N) is 1. The molecule has 1 heterocycles. The smallest absolute Gasteiger partial charge is 0.308 e. The Morgan fingerprint density at radius 3 is 2.60 bits per heavy atom. The summed E-state index contributed by atoms with van der Waals surface area (Å²) in [5.41, 5.74) is 0. The van der Waals surface area contributed by atoms with Crippen LogP contribution in [0.1, 0.15) is 13.3 Å². The number of likely N-dealkylation sites (N-methyl/N-ethyl adjacent to an activating group) is 1. The molecule has 2 atom stereocenters. The second kappa shape index (κ2) is 4.29. The van der Waals surface area contributed by atoms with Crippen LogP contribution < -0.4 is 5.32 Å². The maximum absolute atomic E-state index is 11.4. The fourth-order valence-electron chi connectivity index (χ4n) is 1.62. The lowest BCUT2D eigenvalue weighted by atomic mass is 10.1. The summed E-state index contributed by atoms with van der Waals surface area (Å²) in [6.45, 7) is 1.70. The number of nitrogens with zero attached hydrogens (tertiary/aromatic N) is 1. The summed E-state index contributed by atoms with van der Waals surface area (Å²) in [5.74, 6) is -2.24. The van der Waals surface area contributed by atoms with Gasteiger partial charge in [0.05, 0.1) is 5.92 Å². The molecule has 2 unspecified atom stereocenters. The minimum Gasteiger partial charge on any atom is -0.481 e. The lowest BCUT2D eigenvalue weighted by molar-refractivity contribution is -0.141. The first-order valence-electron chi connectivity index (χ1n) is 4.71. The maximum Gasteiger partial charge on any atom is 0.308 e. The number of carboxylic acid groups (broad SMARTS) is 1. The highest BCUT2D eigenvalue weighted by Gasteiger charge is 2.38. The van der Waals surface area contributed by atoms with Gasteiger partial charge in [0.2, 0.25) is 11.8 Å². The molecule has 1 aliphatic heterocycles. The van der Waals surface area contributed by atoms with Gasteiger partial charge in [-0.25, -0.2) is 0 Å². The number of rotatable bonds is 3. The van der Waals surface area contributed by atoms with Gasteiger partial charge in [0.15, 0.2) is 0 Å². The first-order valence-corrected chi connectivity index (χ1v) is 4.71. The van der Waals surface area contributed by atoms with Crippen molar-refractivity contribution in [1.29, 1.82) is 0 Å². The van der Waals surface area contributed by atoms with Gasteiger partial charge in [-0.15, -0.1) is 0 Å². The summed E-state index contributed by atoms with van der Waals surface area (Å²) < 4.78 is 0. The first-order chi connectivity index (χ1) is 6.97. The molecule has 1 aliphatic rings. The van der Waals surface area contributed by atoms with E-state index in [1.807, 2.05) is 0 Å². The molecule has 2 amide bonds. The molecule has 2 N–H and O–H groups in total. The lowest BCUT2D eigenvalue weighted by Crippen LogP contribution is -2.45. The fraction of sp³-hybridized carbons (Fsp3) is 0.667. The number of amides is 2. The van der Waals surface area contributed by atoms with Gasteiger partial charge in [-0.1, -0.05) is 0 Å². The van der Waals surface area contributed by atoms with Gasteiger partial charge in [0, 0.05) is 20.0 Å². The van der Waals surface area contributed by atoms with Crippen molar-refractivity contribution in [1.82, 2.24) is 10.2 Å². The van der Waals surface area contributed by atoms with Gasteiger partial charge in [-0.05, 0) is 6.92 Å². The Bertz CT molecular complexity index is 302. The van der Waals surface area contributed by atoms with Gasteiger partial charge >= 0.3 is 5.97 Å². The molecule has 6 nitrogen and oxygen atoms in total. The Kier molecular flexibility index (Phi) is 3.28. The molecule has 0 aromatic heterocycles. The third-order valence-corrected chi connectivity index (χ3v) is 2.60. The summed E-state index contributed by atoms with van der Waals surface area (Å²) in [7, 11) is 1.48. The molecular weight excluding hydrogens is 200 g/mol. The van der Waals surface area contributed by atoms with Crippen molar-refractivity contribution in [3.8, 4) is 0 Å². The van der Waals surface area contributed by atoms with E-state index in [1.54, 1.807) is 6.92 Å². The monoisotopic (exact) mass is 214 g/mol. The highest BCUT2D eigenvalue weighted by molar-refractivity contribution is 5.91. The van der Waals surface area contributed by atoms with Gasteiger partial charge in [-0.3, -0.25) is 14.4 Å². The molecule has 6 heteroatoms. The minimum atomic E-state index is -0.991. The largest absolute Gasteiger partial charge is 0.481 e. The van der Waals surface area contributed by atoms with Crippen LogP contribution in [0, 0.1) is 5.92 Å². The number of carbonyl (C=O) groups excluding carboxylic acids is 2. The number of likely N-dealkylation sites (tertiary alicyclic amines) is 1. The van der Waals surface area contributed by atoms with E-state index >= 15 is 0 Å². The zero-order valence-corrected chi connectivity index (χ0v) is 8.69. The van der Waals surface area contributed by atoms with Gasteiger partial charge in [-0.2, -0.15) is 0 Å². The predicted molar refractivity (Wildman–Crippen MR) is 51.0 cm³/mol. The summed E-state index contributed by atoms with van der Waals surface area (Å²) in [4.78, 5) is 34.7. The summed E-state index contributed by atoms with van der Waals surface area (Å²) in [6.07, 6.45) is -0.0172. The lowest BCUT2D eigenvalue weighted by Gasteiger charge is -2.22. The van der Waals surface area contributed by atoms with Crippen LogP contribution in [0.2, 0.25) is 0 Å². The van der Waals surface area contributed by atoms with Crippen molar-refractivity contribution in [2.45, 2.75) is 19.4 Å². The third-order valence-electron chi connectivity index (χ3n) is 2.60. The standard InChI is InChI=1S/C9H14N2O4/c1-5(8(13)10-2)11-4-6(9(14)15)3-7(11)12/h5-6H,3-4H2,1-2H3,(H,10,13)(H,14,15). The van der Waals surface area contributed by atoms with Crippen molar-refractivity contribution in [2.75, 3.05) is 13.6 Å². The Hall–Kier alpha value is -1.59. The van der Waals surface area contributed by atoms with E-state index in [-0.39, 0.29) is 24.8 Å². The number of hydrogen-bond acceptors (Lipinski definition) is 3. The molecule has 0 bridgehead atoms. The molecule has 0 spiro atoms. The minimum absolute atomic E-state index is 0.0172. The van der Waals surface area contributed by atoms with Crippen LogP contribution >= 0.6 is 0 Å². The van der Waals surface area contributed by atoms with E-state index < -0.39 is 17.9 Å². The Balaban J connectivity index is 2.69. The van der Waals surface area contributed by atoms with Crippen molar-refractivity contribution in [3.05, 3.63) is 0 Å². The summed E-state index contributed by atoms with van der Waals surface area (Å²) in [5, 5.41) is 11.2. The van der Waals surface area contributed by atoms with Crippen molar-refractivity contribution in [2.24, 2.45) is 5.92 Å².